The molecule has 8 heteroatoms. The zero-order valence-corrected chi connectivity index (χ0v) is 14.6. The van der Waals surface area contributed by atoms with Crippen molar-refractivity contribution < 1.29 is 13.9 Å². The van der Waals surface area contributed by atoms with Gasteiger partial charge in [0.2, 0.25) is 12.3 Å². The van der Waals surface area contributed by atoms with Gasteiger partial charge in [-0.05, 0) is 42.8 Å². The van der Waals surface area contributed by atoms with Crippen molar-refractivity contribution in [3.05, 3.63) is 58.4 Å². The first kappa shape index (κ1) is 17.3. The maximum absolute atomic E-state index is 12.1. The molecule has 1 N–H and O–H groups in total. The third kappa shape index (κ3) is 4.10. The van der Waals surface area contributed by atoms with Crippen LogP contribution in [0.4, 0.5) is 5.69 Å². The van der Waals surface area contributed by atoms with E-state index in [0.717, 1.165) is 11.1 Å². The van der Waals surface area contributed by atoms with Crippen LogP contribution in [0.1, 0.15) is 5.56 Å². The second-order valence-electron chi connectivity index (χ2n) is 5.16. The Bertz CT molecular complexity index is 881. The summed E-state index contributed by atoms with van der Waals surface area (Å²) in [5.74, 6) is 0.572. The number of nitrogens with one attached hydrogen (secondary N) is 1. The minimum atomic E-state index is -0.365. The fourth-order valence-corrected chi connectivity index (χ4v) is 2.55. The summed E-state index contributed by atoms with van der Waals surface area (Å²) in [7, 11) is 0. The van der Waals surface area contributed by atoms with Crippen molar-refractivity contribution in [1.29, 1.82) is 0 Å². The molecule has 0 saturated carbocycles. The lowest BCUT2D eigenvalue weighted by molar-refractivity contribution is -0.118. The van der Waals surface area contributed by atoms with E-state index in [2.05, 4.69) is 15.5 Å². The fourth-order valence-electron chi connectivity index (χ4n) is 2.09. The maximum atomic E-state index is 12.1. The van der Waals surface area contributed by atoms with Crippen LogP contribution >= 0.6 is 23.2 Å². The number of nitrogens with zero attached hydrogens (tertiary/aromatic N) is 2. The Morgan fingerprint density at radius 1 is 1.20 bits per heavy atom. The van der Waals surface area contributed by atoms with Crippen LogP contribution in [0.25, 0.3) is 11.5 Å². The molecule has 0 fully saturated rings. The Morgan fingerprint density at radius 2 is 1.96 bits per heavy atom. The Labute approximate surface area is 153 Å². The molecule has 25 heavy (non-hydrogen) atoms. The number of anilines is 1. The fraction of sp³-hybridized carbons (Fsp3) is 0.118. The molecule has 1 amide bonds. The standard InChI is InChI=1S/C17H13Cl2N3O3/c1-10-2-7-13(18)16(15(10)19)21-14(23)8-24-12-5-3-11(4-6-12)17-22-20-9-25-17/h2-7,9H,8H2,1H3,(H,21,23). The predicted octanol–water partition coefficient (Wildman–Crippen LogP) is 4.37. The van der Waals surface area contributed by atoms with Gasteiger partial charge in [-0.3, -0.25) is 4.79 Å². The number of aryl methyl sites for hydroxylation is 1. The molecule has 0 aliphatic carbocycles. The van der Waals surface area contributed by atoms with Crippen molar-refractivity contribution in [2.75, 3.05) is 11.9 Å². The molecule has 3 aromatic rings. The molecule has 128 valence electrons. The first-order chi connectivity index (χ1) is 12.0. The summed E-state index contributed by atoms with van der Waals surface area (Å²) in [6.45, 7) is 1.65. The van der Waals surface area contributed by atoms with Crippen LogP contribution in [-0.4, -0.2) is 22.7 Å². The van der Waals surface area contributed by atoms with Gasteiger partial charge in [0, 0.05) is 5.56 Å². The smallest absolute Gasteiger partial charge is 0.262 e. The Morgan fingerprint density at radius 3 is 2.64 bits per heavy atom. The van der Waals surface area contributed by atoms with E-state index in [9.17, 15) is 4.79 Å². The van der Waals surface area contributed by atoms with Gasteiger partial charge in [-0.2, -0.15) is 0 Å². The molecule has 0 saturated heterocycles. The van der Waals surface area contributed by atoms with E-state index >= 15 is 0 Å². The van der Waals surface area contributed by atoms with Crippen molar-refractivity contribution in [2.24, 2.45) is 0 Å². The first-order valence-electron chi connectivity index (χ1n) is 7.28. The van der Waals surface area contributed by atoms with Crippen molar-refractivity contribution in [3.8, 4) is 17.2 Å². The number of hydrogen-bond acceptors (Lipinski definition) is 5. The van der Waals surface area contributed by atoms with Gasteiger partial charge in [-0.15, -0.1) is 10.2 Å². The lowest BCUT2D eigenvalue weighted by atomic mass is 10.2. The molecule has 1 heterocycles. The van der Waals surface area contributed by atoms with Crippen molar-refractivity contribution in [3.63, 3.8) is 0 Å². The highest BCUT2D eigenvalue weighted by molar-refractivity contribution is 6.40. The largest absolute Gasteiger partial charge is 0.484 e. The lowest BCUT2D eigenvalue weighted by Gasteiger charge is -2.12. The molecule has 3 rings (SSSR count). The highest BCUT2D eigenvalue weighted by atomic mass is 35.5. The highest BCUT2D eigenvalue weighted by Gasteiger charge is 2.12. The molecule has 0 unspecified atom stereocenters. The SMILES string of the molecule is Cc1ccc(Cl)c(NC(=O)COc2ccc(-c3nnco3)cc2)c1Cl. The van der Waals surface area contributed by atoms with Gasteiger partial charge in [-0.1, -0.05) is 29.3 Å². The molecular weight excluding hydrogens is 365 g/mol. The summed E-state index contributed by atoms with van der Waals surface area (Å²) < 4.78 is 10.6. The Balaban J connectivity index is 1.60. The minimum Gasteiger partial charge on any atom is -0.484 e. The zero-order chi connectivity index (χ0) is 17.8. The van der Waals surface area contributed by atoms with E-state index in [1.165, 1.54) is 6.39 Å². The van der Waals surface area contributed by atoms with E-state index in [4.69, 9.17) is 32.4 Å². The normalized spacial score (nSPS) is 10.5. The van der Waals surface area contributed by atoms with Gasteiger partial charge in [0.05, 0.1) is 15.7 Å². The minimum absolute atomic E-state index is 0.180. The molecule has 0 bridgehead atoms. The van der Waals surface area contributed by atoms with Crippen molar-refractivity contribution in [1.82, 2.24) is 10.2 Å². The van der Waals surface area contributed by atoms with Gasteiger partial charge >= 0.3 is 0 Å². The highest BCUT2D eigenvalue weighted by Crippen LogP contribution is 2.32. The van der Waals surface area contributed by atoms with Crippen molar-refractivity contribution in [2.45, 2.75) is 6.92 Å². The molecule has 0 radical (unpaired) electrons. The first-order valence-corrected chi connectivity index (χ1v) is 8.04. The molecule has 0 atom stereocenters. The number of carbonyl (C=O) groups is 1. The number of carbonyl (C=O) groups excluding carboxylic acids is 1. The van der Waals surface area contributed by atoms with Crippen LogP contribution in [0.5, 0.6) is 5.75 Å². The Hall–Kier alpha value is -2.57. The molecular formula is C17H13Cl2N3O3. The number of aromatic nitrogens is 2. The zero-order valence-electron chi connectivity index (χ0n) is 13.1. The summed E-state index contributed by atoms with van der Waals surface area (Å²) >= 11 is 12.2. The third-order valence-electron chi connectivity index (χ3n) is 3.38. The van der Waals surface area contributed by atoms with Crippen LogP contribution in [0, 0.1) is 6.92 Å². The second-order valence-corrected chi connectivity index (χ2v) is 5.94. The molecule has 6 nitrogen and oxygen atoms in total. The number of halogens is 2. The van der Waals surface area contributed by atoms with Gasteiger partial charge in [-0.25, -0.2) is 0 Å². The number of rotatable bonds is 5. The summed E-state index contributed by atoms with van der Waals surface area (Å²) in [5.41, 5.74) is 1.95. The van der Waals surface area contributed by atoms with Crippen LogP contribution in [0.15, 0.2) is 47.2 Å². The molecule has 2 aromatic carbocycles. The van der Waals surface area contributed by atoms with E-state index < -0.39 is 0 Å². The summed E-state index contributed by atoms with van der Waals surface area (Å²) in [5, 5.41) is 10.9. The second kappa shape index (κ2) is 7.55. The Kier molecular flexibility index (Phi) is 5.21. The van der Waals surface area contributed by atoms with Gasteiger partial charge in [0.25, 0.3) is 5.91 Å². The van der Waals surface area contributed by atoms with Crippen molar-refractivity contribution >= 4 is 34.8 Å². The van der Waals surface area contributed by atoms with E-state index in [0.29, 0.717) is 27.4 Å². The van der Waals surface area contributed by atoms with Gasteiger partial charge in [0.15, 0.2) is 6.61 Å². The summed E-state index contributed by atoms with van der Waals surface area (Å²) in [6.07, 6.45) is 1.26. The van der Waals surface area contributed by atoms with E-state index in [-0.39, 0.29) is 12.5 Å². The summed E-state index contributed by atoms with van der Waals surface area (Å²) in [6, 6.07) is 10.4. The lowest BCUT2D eigenvalue weighted by Crippen LogP contribution is -2.20. The number of ether oxygens (including phenoxy) is 1. The number of amides is 1. The van der Waals surface area contributed by atoms with Gasteiger partial charge < -0.3 is 14.5 Å². The molecule has 0 spiro atoms. The van der Waals surface area contributed by atoms with Crippen LogP contribution in [-0.2, 0) is 4.79 Å². The topological polar surface area (TPSA) is 77.2 Å². The van der Waals surface area contributed by atoms with Crippen LogP contribution in [0.2, 0.25) is 10.0 Å². The average Bonchev–Trinajstić information content (AvgIpc) is 3.15. The molecule has 0 aliphatic heterocycles. The number of benzene rings is 2. The maximum Gasteiger partial charge on any atom is 0.262 e. The quantitative estimate of drug-likeness (QED) is 0.714. The third-order valence-corrected chi connectivity index (χ3v) is 4.18. The molecule has 1 aromatic heterocycles. The van der Waals surface area contributed by atoms with E-state index in [1.807, 2.05) is 6.92 Å². The molecule has 0 aliphatic rings. The summed E-state index contributed by atoms with van der Waals surface area (Å²) in [4.78, 5) is 12.1. The van der Waals surface area contributed by atoms with Gasteiger partial charge in [0.1, 0.15) is 5.75 Å². The van der Waals surface area contributed by atoms with E-state index in [1.54, 1.807) is 36.4 Å². The monoisotopic (exact) mass is 377 g/mol. The predicted molar refractivity (Wildman–Crippen MR) is 95.1 cm³/mol. The van der Waals surface area contributed by atoms with Crippen LogP contribution < -0.4 is 10.1 Å². The number of hydrogen-bond donors (Lipinski definition) is 1. The van der Waals surface area contributed by atoms with Crippen LogP contribution in [0.3, 0.4) is 0 Å². The average molecular weight is 378 g/mol.